The van der Waals surface area contributed by atoms with Crippen LogP contribution in [-0.2, 0) is 20.7 Å². The number of halogens is 1. The summed E-state index contributed by atoms with van der Waals surface area (Å²) in [6.07, 6.45) is 0.486. The fourth-order valence-electron chi connectivity index (χ4n) is 3.66. The van der Waals surface area contributed by atoms with Crippen LogP contribution in [0.15, 0.2) is 84.0 Å². The van der Waals surface area contributed by atoms with Gasteiger partial charge in [0.25, 0.3) is 5.91 Å². The summed E-state index contributed by atoms with van der Waals surface area (Å²) in [7, 11) is 1.59. The molecule has 1 amide bonds. The van der Waals surface area contributed by atoms with E-state index in [2.05, 4.69) is 5.10 Å². The third-order valence-electron chi connectivity index (χ3n) is 5.39. The van der Waals surface area contributed by atoms with E-state index in [0.29, 0.717) is 17.7 Å². The number of hydrazone groups is 1. The first kappa shape index (κ1) is 22.2. The molecule has 1 atom stereocenters. The molecule has 0 fully saturated rings. The van der Waals surface area contributed by atoms with Gasteiger partial charge in [-0.05, 0) is 41.0 Å². The normalized spacial score (nSPS) is 15.2. The molecule has 168 valence electrons. The van der Waals surface area contributed by atoms with Crippen LogP contribution >= 0.6 is 0 Å². The van der Waals surface area contributed by atoms with Gasteiger partial charge in [0.1, 0.15) is 11.6 Å². The van der Waals surface area contributed by atoms with E-state index in [1.54, 1.807) is 7.11 Å². The van der Waals surface area contributed by atoms with Crippen molar-refractivity contribution in [3.8, 4) is 5.75 Å². The van der Waals surface area contributed by atoms with E-state index in [-0.39, 0.29) is 18.3 Å². The Morgan fingerprint density at radius 2 is 1.70 bits per heavy atom. The van der Waals surface area contributed by atoms with E-state index >= 15 is 0 Å². The van der Waals surface area contributed by atoms with Gasteiger partial charge in [-0.15, -0.1) is 0 Å². The molecule has 0 N–H and O–H groups in total. The molecule has 1 aliphatic rings. The second kappa shape index (κ2) is 10.1. The molecular formula is C26H23FN2O4. The van der Waals surface area contributed by atoms with E-state index in [4.69, 9.17) is 9.47 Å². The number of rotatable bonds is 7. The average Bonchev–Trinajstić information content (AvgIpc) is 3.30. The summed E-state index contributed by atoms with van der Waals surface area (Å²) in [4.78, 5) is 25.2. The van der Waals surface area contributed by atoms with Crippen LogP contribution in [0.1, 0.15) is 29.2 Å². The number of carbonyl (C=O) groups is 2. The third kappa shape index (κ3) is 5.44. The smallest absolute Gasteiger partial charge is 0.310 e. The highest BCUT2D eigenvalue weighted by Gasteiger charge is 2.33. The Morgan fingerprint density at radius 3 is 2.36 bits per heavy atom. The predicted octanol–water partition coefficient (Wildman–Crippen LogP) is 4.30. The summed E-state index contributed by atoms with van der Waals surface area (Å²) < 4.78 is 23.5. The van der Waals surface area contributed by atoms with Gasteiger partial charge in [0.15, 0.2) is 6.61 Å². The largest absolute Gasteiger partial charge is 0.497 e. The van der Waals surface area contributed by atoms with Gasteiger partial charge in [-0.3, -0.25) is 9.59 Å². The minimum absolute atomic E-state index is 0.0476. The summed E-state index contributed by atoms with van der Waals surface area (Å²) in [5, 5.41) is 5.95. The van der Waals surface area contributed by atoms with Crippen molar-refractivity contribution in [2.45, 2.75) is 18.9 Å². The summed E-state index contributed by atoms with van der Waals surface area (Å²) >= 11 is 0. The highest BCUT2D eigenvalue weighted by Crippen LogP contribution is 2.33. The number of benzene rings is 3. The van der Waals surface area contributed by atoms with E-state index in [1.807, 2.05) is 54.6 Å². The Labute approximate surface area is 191 Å². The molecule has 1 aliphatic heterocycles. The van der Waals surface area contributed by atoms with Crippen LogP contribution in [0.3, 0.4) is 0 Å². The fraction of sp³-hybridized carbons (Fsp3) is 0.192. The van der Waals surface area contributed by atoms with Crippen LogP contribution in [0.5, 0.6) is 5.75 Å². The molecule has 0 bridgehead atoms. The zero-order valence-corrected chi connectivity index (χ0v) is 18.1. The quantitative estimate of drug-likeness (QED) is 0.508. The van der Waals surface area contributed by atoms with Gasteiger partial charge in [-0.1, -0.05) is 54.6 Å². The third-order valence-corrected chi connectivity index (χ3v) is 5.39. The predicted molar refractivity (Wildman–Crippen MR) is 121 cm³/mol. The van der Waals surface area contributed by atoms with Crippen LogP contribution in [0, 0.1) is 5.82 Å². The summed E-state index contributed by atoms with van der Waals surface area (Å²) in [6.45, 7) is -0.432. The zero-order chi connectivity index (χ0) is 23.2. The molecule has 33 heavy (non-hydrogen) atoms. The van der Waals surface area contributed by atoms with E-state index in [0.717, 1.165) is 16.8 Å². The number of ether oxygens (including phenoxy) is 2. The number of esters is 1. The molecule has 3 aromatic carbocycles. The van der Waals surface area contributed by atoms with Crippen molar-refractivity contribution in [2.75, 3.05) is 13.7 Å². The van der Waals surface area contributed by atoms with Crippen molar-refractivity contribution in [3.63, 3.8) is 0 Å². The molecule has 1 unspecified atom stereocenters. The second-order valence-corrected chi connectivity index (χ2v) is 7.61. The van der Waals surface area contributed by atoms with Crippen LogP contribution in [0.4, 0.5) is 4.39 Å². The molecule has 0 spiro atoms. The second-order valence-electron chi connectivity index (χ2n) is 7.61. The van der Waals surface area contributed by atoms with Gasteiger partial charge in [0.2, 0.25) is 0 Å². The first-order valence-corrected chi connectivity index (χ1v) is 10.5. The van der Waals surface area contributed by atoms with Gasteiger partial charge in [-0.2, -0.15) is 5.10 Å². The molecule has 6 nitrogen and oxygen atoms in total. The van der Waals surface area contributed by atoms with Crippen molar-refractivity contribution in [2.24, 2.45) is 5.10 Å². The first-order valence-electron chi connectivity index (χ1n) is 10.5. The summed E-state index contributed by atoms with van der Waals surface area (Å²) in [6, 6.07) is 22.4. The van der Waals surface area contributed by atoms with Crippen LogP contribution in [0.25, 0.3) is 0 Å². The van der Waals surface area contributed by atoms with E-state index in [1.165, 1.54) is 29.3 Å². The van der Waals surface area contributed by atoms with Crippen LogP contribution in [-0.4, -0.2) is 36.3 Å². The van der Waals surface area contributed by atoms with Crippen molar-refractivity contribution < 1.29 is 23.5 Å². The maximum Gasteiger partial charge on any atom is 0.310 e. The Hall–Kier alpha value is -4.00. The SMILES string of the molecule is COc1ccc(C2CC(c3ccccc3)=NN2C(=O)COC(=O)Cc2ccc(F)cc2)cc1. The molecule has 4 rings (SSSR count). The van der Waals surface area contributed by atoms with Crippen molar-refractivity contribution in [1.29, 1.82) is 0 Å². The van der Waals surface area contributed by atoms with E-state index < -0.39 is 18.5 Å². The minimum atomic E-state index is -0.567. The van der Waals surface area contributed by atoms with Gasteiger partial charge in [0.05, 0.1) is 25.3 Å². The topological polar surface area (TPSA) is 68.2 Å². The Kier molecular flexibility index (Phi) is 6.78. The molecule has 1 heterocycles. The highest BCUT2D eigenvalue weighted by atomic mass is 19.1. The monoisotopic (exact) mass is 446 g/mol. The Bertz CT molecular complexity index is 1150. The fourth-order valence-corrected chi connectivity index (χ4v) is 3.66. The molecule has 0 saturated carbocycles. The van der Waals surface area contributed by atoms with Crippen LogP contribution < -0.4 is 4.74 Å². The lowest BCUT2D eigenvalue weighted by Crippen LogP contribution is -2.31. The standard InChI is InChI=1S/C26H23FN2O4/c1-32-22-13-9-20(10-14-22)24-16-23(19-5-3-2-4-6-19)28-29(24)25(30)17-33-26(31)15-18-7-11-21(27)12-8-18/h2-14,24H,15-17H2,1H3. The van der Waals surface area contributed by atoms with Crippen LogP contribution in [0.2, 0.25) is 0 Å². The molecule has 3 aromatic rings. The van der Waals surface area contributed by atoms with Crippen molar-refractivity contribution in [3.05, 3.63) is 101 Å². The number of amides is 1. The number of methoxy groups -OCH3 is 1. The molecule has 0 aromatic heterocycles. The van der Waals surface area contributed by atoms with Gasteiger partial charge >= 0.3 is 5.97 Å². The maximum absolute atomic E-state index is 13.0. The molecule has 7 heteroatoms. The molecule has 0 radical (unpaired) electrons. The zero-order valence-electron chi connectivity index (χ0n) is 18.1. The highest BCUT2D eigenvalue weighted by molar-refractivity contribution is 6.03. The molecular weight excluding hydrogens is 423 g/mol. The lowest BCUT2D eigenvalue weighted by molar-refractivity contribution is -0.152. The van der Waals surface area contributed by atoms with Gasteiger partial charge in [0, 0.05) is 6.42 Å². The van der Waals surface area contributed by atoms with Gasteiger partial charge in [-0.25, -0.2) is 9.40 Å². The Morgan fingerprint density at radius 1 is 1.00 bits per heavy atom. The summed E-state index contributed by atoms with van der Waals surface area (Å²) in [5.41, 5.74) is 3.22. The summed E-state index contributed by atoms with van der Waals surface area (Å²) in [5.74, 6) is -0.654. The van der Waals surface area contributed by atoms with Crippen molar-refractivity contribution in [1.82, 2.24) is 5.01 Å². The minimum Gasteiger partial charge on any atom is -0.497 e. The number of hydrogen-bond acceptors (Lipinski definition) is 5. The average molecular weight is 446 g/mol. The van der Waals surface area contributed by atoms with Gasteiger partial charge < -0.3 is 9.47 Å². The maximum atomic E-state index is 13.0. The number of nitrogens with zero attached hydrogens (tertiary/aromatic N) is 2. The Balaban J connectivity index is 1.48. The van der Waals surface area contributed by atoms with Crippen molar-refractivity contribution >= 4 is 17.6 Å². The van der Waals surface area contributed by atoms with E-state index in [9.17, 15) is 14.0 Å². The number of carbonyl (C=O) groups excluding carboxylic acids is 2. The number of hydrogen-bond donors (Lipinski definition) is 0. The molecule has 0 aliphatic carbocycles. The molecule has 0 saturated heterocycles. The lowest BCUT2D eigenvalue weighted by atomic mass is 9.98. The first-order chi connectivity index (χ1) is 16.0. The lowest BCUT2D eigenvalue weighted by Gasteiger charge is -2.22.